The number of benzene rings is 1. The standard InChI is InChI=1S/C29H37N5O4/c1-17-23-11-12-37-25(17)16-31-18(2)27(36)33-22-15-29(3,4)38-24-10-9-19(13-21(22)24)7-5-6-8-20-14-26(35)34(23)28(30)32-20/h9-10,13,16,20,22-23H,1,5-8,11-12,14-15H2,2-4H3,(H2,30,32)(H,33,36)/b25-16+,31-18?/t20?,22?,23-/m1/s1. The number of carbonyl (C=O) groups is 2. The average Bonchev–Trinajstić information content (AvgIpc) is 2.85. The zero-order valence-corrected chi connectivity index (χ0v) is 22.5. The zero-order valence-electron chi connectivity index (χ0n) is 22.5. The summed E-state index contributed by atoms with van der Waals surface area (Å²) in [4.78, 5) is 36.9. The second-order valence-corrected chi connectivity index (χ2v) is 11.2. The van der Waals surface area contributed by atoms with E-state index in [4.69, 9.17) is 15.2 Å². The molecule has 3 atom stereocenters. The van der Waals surface area contributed by atoms with Crippen molar-refractivity contribution in [3.63, 3.8) is 0 Å². The molecule has 0 saturated carbocycles. The van der Waals surface area contributed by atoms with Crippen molar-refractivity contribution in [3.8, 4) is 5.75 Å². The maximum absolute atomic E-state index is 13.2. The van der Waals surface area contributed by atoms with Gasteiger partial charge in [-0.3, -0.25) is 19.5 Å². The van der Waals surface area contributed by atoms with Crippen molar-refractivity contribution in [1.82, 2.24) is 10.2 Å². The molecule has 5 aliphatic heterocycles. The van der Waals surface area contributed by atoms with Gasteiger partial charge in [-0.2, -0.15) is 0 Å². The van der Waals surface area contributed by atoms with Gasteiger partial charge in [-0.25, -0.2) is 4.99 Å². The number of amides is 2. The van der Waals surface area contributed by atoms with E-state index in [-0.39, 0.29) is 35.9 Å². The Kier molecular flexibility index (Phi) is 7.03. The largest absolute Gasteiger partial charge is 0.492 e. The molecule has 6 bridgehead atoms. The molecule has 202 valence electrons. The Morgan fingerprint density at radius 3 is 2.82 bits per heavy atom. The number of fused-ring (bicyclic) bond motifs is 7. The Morgan fingerprint density at radius 2 is 2.03 bits per heavy atom. The van der Waals surface area contributed by atoms with E-state index in [2.05, 4.69) is 34.0 Å². The lowest BCUT2D eigenvalue weighted by molar-refractivity contribution is -0.130. The van der Waals surface area contributed by atoms with Crippen LogP contribution in [0.4, 0.5) is 0 Å². The van der Waals surface area contributed by atoms with Gasteiger partial charge in [0.15, 0.2) is 5.96 Å². The van der Waals surface area contributed by atoms with Gasteiger partial charge >= 0.3 is 0 Å². The number of guanidine groups is 1. The Morgan fingerprint density at radius 1 is 1.21 bits per heavy atom. The lowest BCUT2D eigenvalue weighted by atomic mass is 9.88. The van der Waals surface area contributed by atoms with Gasteiger partial charge in [-0.05, 0) is 51.7 Å². The first-order valence-electron chi connectivity index (χ1n) is 13.5. The number of nitrogens with two attached hydrogens (primary N) is 1. The SMILES string of the molecule is C=C1/C2=C\N=C(C)C(=O)NC3CC(C)(C)Oc4ccc(cc43)CCCCC3CC(=O)N(C(N)=N3)[C@@H]1CCO2. The molecule has 9 heteroatoms. The van der Waals surface area contributed by atoms with E-state index >= 15 is 0 Å². The van der Waals surface area contributed by atoms with Crippen molar-refractivity contribution in [2.75, 3.05) is 6.61 Å². The third-order valence-electron chi connectivity index (χ3n) is 7.71. The van der Waals surface area contributed by atoms with Crippen molar-refractivity contribution in [3.05, 3.63) is 53.4 Å². The van der Waals surface area contributed by atoms with E-state index in [0.717, 1.165) is 37.0 Å². The molecule has 0 radical (unpaired) electrons. The third kappa shape index (κ3) is 5.33. The topological polar surface area (TPSA) is 119 Å². The molecule has 5 heterocycles. The normalized spacial score (nSPS) is 29.1. The molecule has 0 spiro atoms. The predicted molar refractivity (Wildman–Crippen MR) is 146 cm³/mol. The second kappa shape index (κ2) is 10.3. The Labute approximate surface area is 223 Å². The van der Waals surface area contributed by atoms with Crippen LogP contribution < -0.4 is 15.8 Å². The van der Waals surface area contributed by atoms with Crippen molar-refractivity contribution < 1.29 is 19.1 Å². The summed E-state index contributed by atoms with van der Waals surface area (Å²) in [5.74, 6) is 1.15. The number of carbonyl (C=O) groups excluding carboxylic acids is 2. The van der Waals surface area contributed by atoms with E-state index < -0.39 is 5.60 Å². The first-order valence-corrected chi connectivity index (χ1v) is 13.5. The molecule has 1 fully saturated rings. The highest BCUT2D eigenvalue weighted by molar-refractivity contribution is 6.38. The molecule has 1 aromatic rings. The molecule has 38 heavy (non-hydrogen) atoms. The molecule has 2 unspecified atom stereocenters. The van der Waals surface area contributed by atoms with Crippen molar-refractivity contribution in [2.24, 2.45) is 15.7 Å². The third-order valence-corrected chi connectivity index (χ3v) is 7.71. The number of ether oxygens (including phenoxy) is 2. The molecule has 0 aromatic heterocycles. The second-order valence-electron chi connectivity index (χ2n) is 11.2. The Hall–Kier alpha value is -3.62. The number of nitrogens with zero attached hydrogens (tertiary/aromatic N) is 3. The van der Waals surface area contributed by atoms with Gasteiger partial charge < -0.3 is 20.5 Å². The number of hydrogen-bond donors (Lipinski definition) is 2. The monoisotopic (exact) mass is 519 g/mol. The summed E-state index contributed by atoms with van der Waals surface area (Å²) in [6, 6.07) is 5.58. The molecule has 3 N–H and O–H groups in total. The Bertz CT molecular complexity index is 1250. The van der Waals surface area contributed by atoms with E-state index in [9.17, 15) is 9.59 Å². The van der Waals surface area contributed by atoms with Gasteiger partial charge in [0.2, 0.25) is 5.91 Å². The fraction of sp³-hybridized carbons (Fsp3) is 0.517. The van der Waals surface area contributed by atoms with Crippen LogP contribution in [0.3, 0.4) is 0 Å². The van der Waals surface area contributed by atoms with Crippen LogP contribution in [0.15, 0.2) is 52.3 Å². The number of aliphatic imine (C=N–C) groups is 2. The molecule has 6 rings (SSSR count). The molecule has 1 aromatic carbocycles. The van der Waals surface area contributed by atoms with E-state index in [1.165, 1.54) is 11.8 Å². The minimum atomic E-state index is -0.412. The average molecular weight is 520 g/mol. The lowest BCUT2D eigenvalue weighted by Gasteiger charge is -2.38. The van der Waals surface area contributed by atoms with Crippen LogP contribution in [0.5, 0.6) is 5.75 Å². The van der Waals surface area contributed by atoms with E-state index in [1.807, 2.05) is 19.9 Å². The van der Waals surface area contributed by atoms with Crippen LogP contribution in [-0.4, -0.2) is 52.7 Å². The smallest absolute Gasteiger partial charge is 0.265 e. The summed E-state index contributed by atoms with van der Waals surface area (Å²) in [5, 5.41) is 3.17. The quantitative estimate of drug-likeness (QED) is 0.542. The molecular formula is C29H37N5O4. The summed E-state index contributed by atoms with van der Waals surface area (Å²) < 4.78 is 12.0. The minimum Gasteiger partial charge on any atom is -0.492 e. The molecule has 2 amide bonds. The highest BCUT2D eigenvalue weighted by Crippen LogP contribution is 2.40. The van der Waals surface area contributed by atoms with Crippen LogP contribution in [0, 0.1) is 0 Å². The molecular weight excluding hydrogens is 482 g/mol. The summed E-state index contributed by atoms with van der Waals surface area (Å²) in [7, 11) is 0. The fourth-order valence-corrected chi connectivity index (χ4v) is 5.71. The van der Waals surface area contributed by atoms with Crippen LogP contribution in [-0.2, 0) is 20.7 Å². The highest BCUT2D eigenvalue weighted by atomic mass is 16.5. The molecule has 0 aliphatic carbocycles. The fourth-order valence-electron chi connectivity index (χ4n) is 5.71. The molecule has 5 aliphatic rings. The van der Waals surface area contributed by atoms with Crippen LogP contribution >= 0.6 is 0 Å². The van der Waals surface area contributed by atoms with Crippen LogP contribution in [0.25, 0.3) is 0 Å². The Balaban J connectivity index is 1.49. The van der Waals surface area contributed by atoms with Gasteiger partial charge in [0.1, 0.15) is 22.8 Å². The minimum absolute atomic E-state index is 0.0491. The van der Waals surface area contributed by atoms with Gasteiger partial charge in [0.05, 0.1) is 30.9 Å². The van der Waals surface area contributed by atoms with Gasteiger partial charge in [-0.15, -0.1) is 0 Å². The van der Waals surface area contributed by atoms with Crippen molar-refractivity contribution in [1.29, 1.82) is 0 Å². The number of hydrogen-bond acceptors (Lipinski definition) is 7. The summed E-state index contributed by atoms with van der Waals surface area (Å²) in [6.07, 6.45) is 6.63. The first-order chi connectivity index (χ1) is 18.1. The maximum Gasteiger partial charge on any atom is 0.265 e. The predicted octanol–water partition coefficient (Wildman–Crippen LogP) is 3.69. The first kappa shape index (κ1) is 26.0. The van der Waals surface area contributed by atoms with Gasteiger partial charge in [0, 0.05) is 30.4 Å². The number of rotatable bonds is 0. The molecule has 9 nitrogen and oxygen atoms in total. The summed E-state index contributed by atoms with van der Waals surface area (Å²) in [5.41, 5.74) is 8.96. The van der Waals surface area contributed by atoms with Crippen molar-refractivity contribution in [2.45, 2.75) is 89.4 Å². The van der Waals surface area contributed by atoms with E-state index in [1.54, 1.807) is 11.8 Å². The van der Waals surface area contributed by atoms with E-state index in [0.29, 0.717) is 42.9 Å². The van der Waals surface area contributed by atoms with Crippen LogP contribution in [0.1, 0.15) is 76.5 Å². The van der Waals surface area contributed by atoms with Crippen LogP contribution in [0.2, 0.25) is 0 Å². The molecule has 1 saturated heterocycles. The number of aryl methyl sites for hydroxylation is 1. The number of nitrogens with one attached hydrogen (secondary N) is 1. The summed E-state index contributed by atoms with van der Waals surface area (Å²) >= 11 is 0. The van der Waals surface area contributed by atoms with Gasteiger partial charge in [-0.1, -0.05) is 25.1 Å². The van der Waals surface area contributed by atoms with Crippen molar-refractivity contribution >= 4 is 23.5 Å². The lowest BCUT2D eigenvalue weighted by Crippen LogP contribution is -2.54. The highest BCUT2D eigenvalue weighted by Gasteiger charge is 2.38. The van der Waals surface area contributed by atoms with Gasteiger partial charge in [0.25, 0.3) is 5.91 Å². The summed E-state index contributed by atoms with van der Waals surface area (Å²) in [6.45, 7) is 10.3. The zero-order chi connectivity index (χ0) is 27.0. The maximum atomic E-state index is 13.2.